The third kappa shape index (κ3) is 4.12. The van der Waals surface area contributed by atoms with Crippen LogP contribution in [0.1, 0.15) is 11.1 Å². The maximum atomic E-state index is 11.6. The molecule has 0 saturated heterocycles. The standard InChI is InChI=1S/C12H17NO4S/c1-9-4-3-5-11(10(9)2)13-12(15)8-18(16,17)7-6-14/h3-5,14H,6-8H2,1-2H3,(H,13,15). The molecule has 6 heteroatoms. The van der Waals surface area contributed by atoms with Crippen LogP contribution in [0.25, 0.3) is 0 Å². The highest BCUT2D eigenvalue weighted by Crippen LogP contribution is 2.17. The summed E-state index contributed by atoms with van der Waals surface area (Å²) < 4.78 is 22.7. The van der Waals surface area contributed by atoms with Gasteiger partial charge in [0, 0.05) is 5.69 Å². The Morgan fingerprint density at radius 3 is 2.61 bits per heavy atom. The molecule has 0 heterocycles. The van der Waals surface area contributed by atoms with E-state index in [-0.39, 0.29) is 0 Å². The normalized spacial score (nSPS) is 11.3. The summed E-state index contributed by atoms with van der Waals surface area (Å²) in [4.78, 5) is 11.6. The number of anilines is 1. The summed E-state index contributed by atoms with van der Waals surface area (Å²) in [5, 5.41) is 11.1. The van der Waals surface area contributed by atoms with Crippen molar-refractivity contribution in [1.82, 2.24) is 0 Å². The molecule has 1 rings (SSSR count). The molecule has 0 saturated carbocycles. The summed E-state index contributed by atoms with van der Waals surface area (Å²) in [6.45, 7) is 3.29. The highest BCUT2D eigenvalue weighted by molar-refractivity contribution is 7.92. The van der Waals surface area contributed by atoms with E-state index in [0.717, 1.165) is 11.1 Å². The van der Waals surface area contributed by atoms with E-state index in [2.05, 4.69) is 5.32 Å². The number of aliphatic hydroxyl groups is 1. The van der Waals surface area contributed by atoms with Gasteiger partial charge in [0.15, 0.2) is 9.84 Å². The first-order valence-corrected chi connectivity index (χ1v) is 7.35. The summed E-state index contributed by atoms with van der Waals surface area (Å²) in [7, 11) is -3.54. The molecule has 0 spiro atoms. The first-order chi connectivity index (χ1) is 8.35. The van der Waals surface area contributed by atoms with Gasteiger partial charge in [-0.05, 0) is 31.0 Å². The number of nitrogens with one attached hydrogen (secondary N) is 1. The fourth-order valence-electron chi connectivity index (χ4n) is 1.48. The van der Waals surface area contributed by atoms with E-state index < -0.39 is 33.9 Å². The minimum Gasteiger partial charge on any atom is -0.395 e. The molecule has 1 aromatic carbocycles. The summed E-state index contributed by atoms with van der Waals surface area (Å²) in [5.41, 5.74) is 2.54. The quantitative estimate of drug-likeness (QED) is 0.823. The number of hydrogen-bond acceptors (Lipinski definition) is 4. The van der Waals surface area contributed by atoms with Gasteiger partial charge >= 0.3 is 0 Å². The van der Waals surface area contributed by atoms with E-state index in [1.54, 1.807) is 12.1 Å². The van der Waals surface area contributed by atoms with Crippen LogP contribution in [-0.2, 0) is 14.6 Å². The zero-order valence-corrected chi connectivity index (χ0v) is 11.3. The van der Waals surface area contributed by atoms with Crippen molar-refractivity contribution in [2.75, 3.05) is 23.4 Å². The van der Waals surface area contributed by atoms with E-state index in [1.165, 1.54) is 0 Å². The van der Waals surface area contributed by atoms with Crippen molar-refractivity contribution in [2.45, 2.75) is 13.8 Å². The van der Waals surface area contributed by atoms with Gasteiger partial charge in [0.1, 0.15) is 5.75 Å². The Morgan fingerprint density at radius 1 is 1.33 bits per heavy atom. The first-order valence-electron chi connectivity index (χ1n) is 5.53. The number of carbonyl (C=O) groups is 1. The van der Waals surface area contributed by atoms with Crippen molar-refractivity contribution in [3.05, 3.63) is 29.3 Å². The molecule has 0 aliphatic rings. The van der Waals surface area contributed by atoms with Crippen LogP contribution in [0.2, 0.25) is 0 Å². The zero-order valence-electron chi connectivity index (χ0n) is 10.4. The SMILES string of the molecule is Cc1cccc(NC(=O)CS(=O)(=O)CCO)c1C. The fraction of sp³-hybridized carbons (Fsp3) is 0.417. The zero-order chi connectivity index (χ0) is 13.8. The predicted octanol–water partition coefficient (Wildman–Crippen LogP) is 0.649. The van der Waals surface area contributed by atoms with Gasteiger partial charge in [-0.3, -0.25) is 4.79 Å². The lowest BCUT2D eigenvalue weighted by Crippen LogP contribution is -2.26. The minimum atomic E-state index is -3.54. The Balaban J connectivity index is 2.74. The Labute approximate surface area is 107 Å². The molecule has 100 valence electrons. The third-order valence-corrected chi connectivity index (χ3v) is 4.14. The Hall–Kier alpha value is -1.40. The van der Waals surface area contributed by atoms with Crippen LogP contribution in [0.4, 0.5) is 5.69 Å². The lowest BCUT2D eigenvalue weighted by atomic mass is 10.1. The van der Waals surface area contributed by atoms with Crippen LogP contribution in [-0.4, -0.2) is 37.5 Å². The summed E-state index contributed by atoms with van der Waals surface area (Å²) in [6, 6.07) is 5.42. The molecule has 0 aromatic heterocycles. The molecule has 0 atom stereocenters. The van der Waals surface area contributed by atoms with Gasteiger partial charge in [-0.2, -0.15) is 0 Å². The van der Waals surface area contributed by atoms with Gasteiger partial charge in [-0.15, -0.1) is 0 Å². The van der Waals surface area contributed by atoms with Crippen LogP contribution >= 0.6 is 0 Å². The van der Waals surface area contributed by atoms with Crippen LogP contribution in [0.5, 0.6) is 0 Å². The Morgan fingerprint density at radius 2 is 2.00 bits per heavy atom. The van der Waals surface area contributed by atoms with Gasteiger partial charge in [0.05, 0.1) is 12.4 Å². The maximum absolute atomic E-state index is 11.6. The number of benzene rings is 1. The molecule has 0 fully saturated rings. The number of rotatable bonds is 5. The van der Waals surface area contributed by atoms with Gasteiger partial charge in [-0.25, -0.2) is 8.42 Å². The monoisotopic (exact) mass is 271 g/mol. The van der Waals surface area contributed by atoms with E-state index in [1.807, 2.05) is 19.9 Å². The smallest absolute Gasteiger partial charge is 0.239 e. The second-order valence-corrected chi connectivity index (χ2v) is 6.30. The van der Waals surface area contributed by atoms with E-state index >= 15 is 0 Å². The van der Waals surface area contributed by atoms with Gasteiger partial charge in [0.25, 0.3) is 0 Å². The van der Waals surface area contributed by atoms with Crippen LogP contribution in [0.15, 0.2) is 18.2 Å². The average molecular weight is 271 g/mol. The molecule has 18 heavy (non-hydrogen) atoms. The van der Waals surface area contributed by atoms with Crippen molar-refractivity contribution >= 4 is 21.4 Å². The van der Waals surface area contributed by atoms with Crippen molar-refractivity contribution < 1.29 is 18.3 Å². The molecule has 0 aliphatic heterocycles. The maximum Gasteiger partial charge on any atom is 0.239 e. The van der Waals surface area contributed by atoms with Crippen LogP contribution in [0.3, 0.4) is 0 Å². The number of aryl methyl sites for hydroxylation is 1. The first kappa shape index (κ1) is 14.7. The van der Waals surface area contributed by atoms with Crippen molar-refractivity contribution in [3.8, 4) is 0 Å². The number of amides is 1. The van der Waals surface area contributed by atoms with Gasteiger partial charge in [-0.1, -0.05) is 12.1 Å². The average Bonchev–Trinajstić information content (AvgIpc) is 2.23. The summed E-state index contributed by atoms with van der Waals surface area (Å²) >= 11 is 0. The highest BCUT2D eigenvalue weighted by atomic mass is 32.2. The fourth-order valence-corrected chi connectivity index (χ4v) is 2.38. The molecule has 2 N–H and O–H groups in total. The molecule has 5 nitrogen and oxygen atoms in total. The van der Waals surface area contributed by atoms with Gasteiger partial charge < -0.3 is 10.4 Å². The second kappa shape index (κ2) is 5.97. The molecule has 0 aliphatic carbocycles. The lowest BCUT2D eigenvalue weighted by Gasteiger charge is -2.10. The van der Waals surface area contributed by atoms with Gasteiger partial charge in [0.2, 0.25) is 5.91 Å². The van der Waals surface area contributed by atoms with Crippen LogP contribution < -0.4 is 5.32 Å². The Kier molecular flexibility index (Phi) is 4.86. The largest absolute Gasteiger partial charge is 0.395 e. The number of aliphatic hydroxyl groups excluding tert-OH is 1. The van der Waals surface area contributed by atoms with E-state index in [0.29, 0.717) is 5.69 Å². The number of carbonyl (C=O) groups excluding carboxylic acids is 1. The third-order valence-electron chi connectivity index (χ3n) is 2.63. The highest BCUT2D eigenvalue weighted by Gasteiger charge is 2.16. The van der Waals surface area contributed by atoms with Crippen molar-refractivity contribution in [2.24, 2.45) is 0 Å². The minimum absolute atomic E-state index is 0.396. The lowest BCUT2D eigenvalue weighted by molar-refractivity contribution is -0.113. The molecule has 0 bridgehead atoms. The molecule has 1 amide bonds. The molecular formula is C12H17NO4S. The number of hydrogen-bond donors (Lipinski definition) is 2. The topological polar surface area (TPSA) is 83.5 Å². The van der Waals surface area contributed by atoms with Crippen molar-refractivity contribution in [3.63, 3.8) is 0 Å². The van der Waals surface area contributed by atoms with Crippen LogP contribution in [0, 0.1) is 13.8 Å². The number of sulfone groups is 1. The summed E-state index contributed by atoms with van der Waals surface area (Å²) in [6.07, 6.45) is 0. The van der Waals surface area contributed by atoms with E-state index in [9.17, 15) is 13.2 Å². The molecule has 1 aromatic rings. The molecular weight excluding hydrogens is 254 g/mol. The molecule has 0 radical (unpaired) electrons. The predicted molar refractivity (Wildman–Crippen MR) is 70.3 cm³/mol. The summed E-state index contributed by atoms with van der Waals surface area (Å²) in [5.74, 6) is -1.59. The second-order valence-electron chi connectivity index (χ2n) is 4.11. The van der Waals surface area contributed by atoms with Crippen molar-refractivity contribution in [1.29, 1.82) is 0 Å². The van der Waals surface area contributed by atoms with E-state index in [4.69, 9.17) is 5.11 Å². The Bertz CT molecular complexity index is 537. The molecule has 0 unspecified atom stereocenters.